The monoisotopic (exact) mass is 378 g/mol. The number of nitrogens with zero attached hydrogens (tertiary/aromatic N) is 2. The zero-order valence-corrected chi connectivity index (χ0v) is 16.5. The summed E-state index contributed by atoms with van der Waals surface area (Å²) in [5.41, 5.74) is 1.41. The Labute approximate surface area is 164 Å². The molecule has 0 aliphatic rings. The van der Waals surface area contributed by atoms with Gasteiger partial charge in [0, 0.05) is 18.5 Å². The fraction of sp³-hybridized carbons (Fsp3) is 0.318. The zero-order valence-electron chi connectivity index (χ0n) is 16.5. The van der Waals surface area contributed by atoms with Crippen LogP contribution in [0.5, 0.6) is 0 Å². The van der Waals surface area contributed by atoms with Gasteiger partial charge in [0.15, 0.2) is 0 Å². The van der Waals surface area contributed by atoms with Crippen LogP contribution >= 0.6 is 0 Å². The van der Waals surface area contributed by atoms with Gasteiger partial charge in [-0.3, -0.25) is 4.79 Å². The maximum atomic E-state index is 12.7. The molecule has 6 heteroatoms. The summed E-state index contributed by atoms with van der Waals surface area (Å²) in [5, 5.41) is 3.56. The molecule has 0 aliphatic carbocycles. The lowest BCUT2D eigenvalue weighted by molar-refractivity contribution is 0.194. The van der Waals surface area contributed by atoms with Crippen LogP contribution in [0.3, 0.4) is 0 Å². The molecule has 0 spiro atoms. The topological polar surface area (TPSA) is 78.1 Å². The zero-order chi connectivity index (χ0) is 20.1. The summed E-state index contributed by atoms with van der Waals surface area (Å²) >= 11 is 0. The SMILES string of the molecule is CCN(Cc1nc2ccccc2c(=O)[nH]1)C(=O)NCC(C)(C)c1ccccc1. The molecule has 0 radical (unpaired) electrons. The summed E-state index contributed by atoms with van der Waals surface area (Å²) in [5.74, 6) is 0.475. The van der Waals surface area contributed by atoms with E-state index in [2.05, 4.69) is 41.3 Å². The van der Waals surface area contributed by atoms with Gasteiger partial charge in [-0.05, 0) is 24.6 Å². The molecule has 0 saturated heterocycles. The number of rotatable bonds is 6. The number of amides is 2. The van der Waals surface area contributed by atoms with E-state index in [9.17, 15) is 9.59 Å². The molecule has 2 N–H and O–H groups in total. The number of carbonyl (C=O) groups excluding carboxylic acids is 1. The molecule has 6 nitrogen and oxygen atoms in total. The molecule has 3 rings (SSSR count). The van der Waals surface area contributed by atoms with E-state index in [-0.39, 0.29) is 23.6 Å². The highest BCUT2D eigenvalue weighted by atomic mass is 16.2. The Hall–Kier alpha value is -3.15. The molecule has 28 heavy (non-hydrogen) atoms. The fourth-order valence-corrected chi connectivity index (χ4v) is 3.12. The van der Waals surface area contributed by atoms with Gasteiger partial charge in [0.25, 0.3) is 5.56 Å². The van der Waals surface area contributed by atoms with Gasteiger partial charge in [0.05, 0.1) is 17.4 Å². The van der Waals surface area contributed by atoms with Crippen molar-refractivity contribution in [1.29, 1.82) is 0 Å². The maximum Gasteiger partial charge on any atom is 0.317 e. The van der Waals surface area contributed by atoms with Crippen molar-refractivity contribution < 1.29 is 4.79 Å². The number of benzene rings is 2. The largest absolute Gasteiger partial charge is 0.337 e. The van der Waals surface area contributed by atoms with Crippen molar-refractivity contribution in [3.63, 3.8) is 0 Å². The van der Waals surface area contributed by atoms with Gasteiger partial charge in [-0.1, -0.05) is 56.3 Å². The van der Waals surface area contributed by atoms with Gasteiger partial charge in [-0.2, -0.15) is 0 Å². The van der Waals surface area contributed by atoms with E-state index in [1.165, 1.54) is 5.56 Å². The minimum absolute atomic E-state index is 0.178. The molecule has 2 aromatic carbocycles. The minimum Gasteiger partial charge on any atom is -0.337 e. The highest BCUT2D eigenvalue weighted by molar-refractivity contribution is 5.77. The Kier molecular flexibility index (Phi) is 5.78. The molecule has 0 fully saturated rings. The van der Waals surface area contributed by atoms with E-state index in [1.54, 1.807) is 23.1 Å². The average molecular weight is 378 g/mol. The molecule has 0 aliphatic heterocycles. The van der Waals surface area contributed by atoms with Gasteiger partial charge >= 0.3 is 6.03 Å². The molecule has 146 valence electrons. The number of aromatic amines is 1. The number of carbonyl (C=O) groups is 1. The van der Waals surface area contributed by atoms with Crippen LogP contribution in [0.25, 0.3) is 10.9 Å². The number of para-hydroxylation sites is 1. The number of nitrogens with one attached hydrogen (secondary N) is 2. The molecule has 0 bridgehead atoms. The Morgan fingerprint density at radius 2 is 1.79 bits per heavy atom. The normalized spacial score (nSPS) is 11.4. The molecule has 1 aromatic heterocycles. The quantitative estimate of drug-likeness (QED) is 0.690. The number of H-pyrrole nitrogens is 1. The third kappa shape index (κ3) is 4.39. The fourth-order valence-electron chi connectivity index (χ4n) is 3.12. The summed E-state index contributed by atoms with van der Waals surface area (Å²) in [6.45, 7) is 7.36. The highest BCUT2D eigenvalue weighted by Crippen LogP contribution is 2.21. The maximum absolute atomic E-state index is 12.7. The predicted octanol–water partition coefficient (Wildman–Crippen LogP) is 3.43. The van der Waals surface area contributed by atoms with Crippen LogP contribution in [0.15, 0.2) is 59.4 Å². The lowest BCUT2D eigenvalue weighted by Crippen LogP contribution is -2.44. The van der Waals surface area contributed by atoms with Crippen molar-refractivity contribution in [2.45, 2.75) is 32.7 Å². The van der Waals surface area contributed by atoms with E-state index in [0.717, 1.165) is 0 Å². The molecule has 2 amide bonds. The average Bonchev–Trinajstić information content (AvgIpc) is 2.71. The summed E-state index contributed by atoms with van der Waals surface area (Å²) in [6, 6.07) is 17.1. The van der Waals surface area contributed by atoms with Crippen LogP contribution < -0.4 is 10.9 Å². The third-order valence-electron chi connectivity index (χ3n) is 4.91. The second kappa shape index (κ2) is 8.25. The van der Waals surface area contributed by atoms with E-state index < -0.39 is 0 Å². The van der Waals surface area contributed by atoms with Crippen LogP contribution in [0, 0.1) is 0 Å². The first kappa shape index (κ1) is 19.6. The van der Waals surface area contributed by atoms with E-state index in [0.29, 0.717) is 29.8 Å². The summed E-state index contributed by atoms with van der Waals surface area (Å²) in [7, 11) is 0. The van der Waals surface area contributed by atoms with E-state index >= 15 is 0 Å². The van der Waals surface area contributed by atoms with Crippen LogP contribution in [0.1, 0.15) is 32.2 Å². The summed E-state index contributed by atoms with van der Waals surface area (Å²) < 4.78 is 0. The van der Waals surface area contributed by atoms with Crippen LogP contribution in [0.4, 0.5) is 4.79 Å². The standard InChI is InChI=1S/C22H26N4O2/c1-4-26(14-19-24-18-13-9-8-12-17(18)20(27)25-19)21(28)23-15-22(2,3)16-10-6-5-7-11-16/h5-13H,4,14-15H2,1-3H3,(H,23,28)(H,24,25,27). The second-order valence-corrected chi connectivity index (χ2v) is 7.45. The van der Waals surface area contributed by atoms with Crippen molar-refractivity contribution >= 4 is 16.9 Å². The molecular weight excluding hydrogens is 352 g/mol. The van der Waals surface area contributed by atoms with E-state index in [1.807, 2.05) is 31.2 Å². The van der Waals surface area contributed by atoms with Crippen molar-refractivity contribution in [3.05, 3.63) is 76.3 Å². The highest BCUT2D eigenvalue weighted by Gasteiger charge is 2.23. The van der Waals surface area contributed by atoms with Crippen molar-refractivity contribution in [1.82, 2.24) is 20.2 Å². The summed E-state index contributed by atoms with van der Waals surface area (Å²) in [4.78, 5) is 33.8. The van der Waals surface area contributed by atoms with Crippen LogP contribution in [0.2, 0.25) is 0 Å². The van der Waals surface area contributed by atoms with Crippen molar-refractivity contribution in [2.24, 2.45) is 0 Å². The lowest BCUT2D eigenvalue weighted by Gasteiger charge is -2.28. The Balaban J connectivity index is 1.69. The summed E-state index contributed by atoms with van der Waals surface area (Å²) in [6.07, 6.45) is 0. The number of urea groups is 1. The van der Waals surface area contributed by atoms with Gasteiger partial charge < -0.3 is 15.2 Å². The molecule has 3 aromatic rings. The predicted molar refractivity (Wildman–Crippen MR) is 111 cm³/mol. The lowest BCUT2D eigenvalue weighted by atomic mass is 9.85. The van der Waals surface area contributed by atoms with Crippen LogP contribution in [-0.2, 0) is 12.0 Å². The number of hydrogen-bond donors (Lipinski definition) is 2. The van der Waals surface area contributed by atoms with Gasteiger partial charge in [0.1, 0.15) is 5.82 Å². The molecule has 1 heterocycles. The molecule has 0 atom stereocenters. The minimum atomic E-state index is -0.192. The van der Waals surface area contributed by atoms with Gasteiger partial charge in [-0.15, -0.1) is 0 Å². The Bertz CT molecular complexity index is 1010. The van der Waals surface area contributed by atoms with Gasteiger partial charge in [-0.25, -0.2) is 9.78 Å². The Morgan fingerprint density at radius 1 is 1.11 bits per heavy atom. The molecular formula is C22H26N4O2. The van der Waals surface area contributed by atoms with Crippen molar-refractivity contribution in [3.8, 4) is 0 Å². The first-order valence-corrected chi connectivity index (χ1v) is 9.47. The molecule has 0 unspecified atom stereocenters. The Morgan fingerprint density at radius 3 is 2.50 bits per heavy atom. The first-order valence-electron chi connectivity index (χ1n) is 9.47. The second-order valence-electron chi connectivity index (χ2n) is 7.45. The number of hydrogen-bond acceptors (Lipinski definition) is 3. The van der Waals surface area contributed by atoms with Crippen LogP contribution in [-0.4, -0.2) is 34.0 Å². The first-order chi connectivity index (χ1) is 13.4. The number of fused-ring (bicyclic) bond motifs is 1. The number of aromatic nitrogens is 2. The third-order valence-corrected chi connectivity index (χ3v) is 4.91. The van der Waals surface area contributed by atoms with E-state index in [4.69, 9.17) is 0 Å². The van der Waals surface area contributed by atoms with Crippen molar-refractivity contribution in [2.75, 3.05) is 13.1 Å². The smallest absolute Gasteiger partial charge is 0.317 e. The molecule has 0 saturated carbocycles. The van der Waals surface area contributed by atoms with Gasteiger partial charge in [0.2, 0.25) is 0 Å².